The Morgan fingerprint density at radius 1 is 1.38 bits per heavy atom. The summed E-state index contributed by atoms with van der Waals surface area (Å²) in [5.74, 6) is 0.514. The summed E-state index contributed by atoms with van der Waals surface area (Å²) in [6.45, 7) is 4.25. The smallest absolute Gasteiger partial charge is 0.258 e. The fourth-order valence-electron chi connectivity index (χ4n) is 1.51. The van der Waals surface area contributed by atoms with Gasteiger partial charge in [0.05, 0.1) is 4.92 Å². The Bertz CT molecular complexity index is 366. The van der Waals surface area contributed by atoms with Crippen LogP contribution in [0.5, 0.6) is 0 Å². The van der Waals surface area contributed by atoms with Crippen LogP contribution in [0.4, 0.5) is 5.69 Å². The van der Waals surface area contributed by atoms with Crippen LogP contribution in [0.15, 0.2) is 24.3 Å². The molecule has 3 nitrogen and oxygen atoms in total. The van der Waals surface area contributed by atoms with Gasteiger partial charge in [0.25, 0.3) is 5.69 Å². The molecule has 0 saturated carbocycles. The van der Waals surface area contributed by atoms with Gasteiger partial charge in [-0.3, -0.25) is 10.1 Å². The van der Waals surface area contributed by atoms with Crippen LogP contribution in [0.2, 0.25) is 0 Å². The zero-order chi connectivity index (χ0) is 12.1. The highest BCUT2D eigenvalue weighted by molar-refractivity contribution is 9.09. The Morgan fingerprint density at radius 3 is 2.56 bits per heavy atom. The Labute approximate surface area is 104 Å². The number of nitro benzene ring substituents is 1. The van der Waals surface area contributed by atoms with Crippen LogP contribution < -0.4 is 0 Å². The number of alkyl halides is 1. The van der Waals surface area contributed by atoms with E-state index in [1.165, 1.54) is 0 Å². The van der Waals surface area contributed by atoms with E-state index in [0.29, 0.717) is 10.7 Å². The summed E-state index contributed by atoms with van der Waals surface area (Å²) in [5.41, 5.74) is 1.06. The Kier molecular flexibility index (Phi) is 4.93. The van der Waals surface area contributed by atoms with Crippen molar-refractivity contribution in [1.29, 1.82) is 0 Å². The molecule has 0 amide bonds. The minimum atomic E-state index is -0.308. The first kappa shape index (κ1) is 13.2. The van der Waals surface area contributed by atoms with Gasteiger partial charge in [-0.15, -0.1) is 0 Å². The summed E-state index contributed by atoms with van der Waals surface area (Å²) >= 11 is 3.53. The van der Waals surface area contributed by atoms with E-state index in [2.05, 4.69) is 29.8 Å². The van der Waals surface area contributed by atoms with Gasteiger partial charge in [-0.25, -0.2) is 0 Å². The van der Waals surface area contributed by atoms with E-state index in [1.807, 2.05) is 12.1 Å². The molecule has 1 aromatic carbocycles. The number of hydrogen-bond donors (Lipinski definition) is 0. The van der Waals surface area contributed by atoms with Crippen LogP contribution in [-0.2, 0) is 6.42 Å². The number of halogens is 1. The number of benzene rings is 1. The Morgan fingerprint density at radius 2 is 2.00 bits per heavy atom. The molecule has 0 aliphatic carbocycles. The monoisotopic (exact) mass is 285 g/mol. The zero-order valence-corrected chi connectivity index (χ0v) is 11.1. The second-order valence-electron chi connectivity index (χ2n) is 4.08. The summed E-state index contributed by atoms with van der Waals surface area (Å²) in [7, 11) is 0. The molecule has 2 unspecified atom stereocenters. The molecule has 0 fully saturated rings. The molecule has 0 bridgehead atoms. The summed E-state index contributed by atoms with van der Waals surface area (Å²) in [4.78, 5) is 10.9. The van der Waals surface area contributed by atoms with Crippen molar-refractivity contribution < 1.29 is 4.92 Å². The third-order valence-electron chi connectivity index (χ3n) is 2.84. The fraction of sp³-hybridized carbons (Fsp3) is 0.500. The topological polar surface area (TPSA) is 43.1 Å². The van der Waals surface area contributed by atoms with Crippen LogP contribution in [0.3, 0.4) is 0 Å². The largest absolute Gasteiger partial charge is 0.272 e. The number of hydrogen-bond acceptors (Lipinski definition) is 2. The van der Waals surface area contributed by atoms with Gasteiger partial charge in [-0.2, -0.15) is 0 Å². The van der Waals surface area contributed by atoms with E-state index in [9.17, 15) is 10.1 Å². The van der Waals surface area contributed by atoms with Crippen LogP contribution in [0.1, 0.15) is 25.8 Å². The van der Waals surface area contributed by atoms with Crippen molar-refractivity contribution in [2.75, 3.05) is 0 Å². The van der Waals surface area contributed by atoms with Crippen molar-refractivity contribution in [1.82, 2.24) is 0 Å². The average molecular weight is 286 g/mol. The second kappa shape index (κ2) is 5.99. The quantitative estimate of drug-likeness (QED) is 0.467. The molecule has 16 heavy (non-hydrogen) atoms. The molecule has 0 aliphatic heterocycles. The third-order valence-corrected chi connectivity index (χ3v) is 3.74. The maximum atomic E-state index is 10.8. The summed E-state index contributed by atoms with van der Waals surface area (Å²) in [6, 6.07) is 6.96. The van der Waals surface area contributed by atoms with Gasteiger partial charge in [0, 0.05) is 16.5 Å². The molecule has 0 saturated heterocycles. The molecular weight excluding hydrogens is 270 g/mol. The van der Waals surface area contributed by atoms with Gasteiger partial charge in [0.2, 0.25) is 0 Å². The van der Waals surface area contributed by atoms with Crippen LogP contribution >= 0.6 is 15.9 Å². The molecule has 1 aromatic rings. The number of rotatable bonds is 5. The van der Waals surface area contributed by atoms with Gasteiger partial charge >= 0.3 is 0 Å². The van der Waals surface area contributed by atoms with Crippen LogP contribution in [0.25, 0.3) is 0 Å². The first-order chi connectivity index (χ1) is 7.52. The second-order valence-corrected chi connectivity index (χ2v) is 5.52. The van der Waals surface area contributed by atoms with E-state index in [-0.39, 0.29) is 10.6 Å². The SMILES string of the molecule is CC(Br)C(C)CCc1ccccc1[N+](=O)[O-]. The molecular formula is C12H16BrNO2. The van der Waals surface area contributed by atoms with E-state index in [4.69, 9.17) is 0 Å². The maximum absolute atomic E-state index is 10.8. The predicted molar refractivity (Wildman–Crippen MR) is 69.0 cm³/mol. The molecule has 2 atom stereocenters. The molecule has 0 radical (unpaired) electrons. The predicted octanol–water partition coefficient (Wildman–Crippen LogP) is 3.95. The lowest BCUT2D eigenvalue weighted by Crippen LogP contribution is -2.08. The van der Waals surface area contributed by atoms with Crippen LogP contribution in [-0.4, -0.2) is 9.75 Å². The molecule has 0 spiro atoms. The minimum absolute atomic E-state index is 0.233. The number of nitro groups is 1. The van der Waals surface area contributed by atoms with E-state index < -0.39 is 0 Å². The number of para-hydroxylation sites is 1. The number of aryl methyl sites for hydroxylation is 1. The number of nitrogens with zero attached hydrogens (tertiary/aromatic N) is 1. The minimum Gasteiger partial charge on any atom is -0.258 e. The molecule has 4 heteroatoms. The molecule has 0 aliphatic rings. The highest BCUT2D eigenvalue weighted by Gasteiger charge is 2.14. The Hall–Kier alpha value is -0.900. The van der Waals surface area contributed by atoms with Gasteiger partial charge in [-0.1, -0.05) is 48.0 Å². The maximum Gasteiger partial charge on any atom is 0.272 e. The van der Waals surface area contributed by atoms with Crippen molar-refractivity contribution in [3.63, 3.8) is 0 Å². The van der Waals surface area contributed by atoms with E-state index >= 15 is 0 Å². The molecule has 1 rings (SSSR count). The summed E-state index contributed by atoms with van der Waals surface area (Å²) in [5, 5.41) is 10.8. The van der Waals surface area contributed by atoms with Gasteiger partial charge < -0.3 is 0 Å². The lowest BCUT2D eigenvalue weighted by Gasteiger charge is -2.13. The van der Waals surface area contributed by atoms with Gasteiger partial charge in [0.1, 0.15) is 0 Å². The standard InChI is InChI=1S/C12H16BrNO2/c1-9(10(2)13)7-8-11-5-3-4-6-12(11)14(15)16/h3-6,9-10H,7-8H2,1-2H3. The first-order valence-electron chi connectivity index (χ1n) is 5.38. The van der Waals surface area contributed by atoms with Gasteiger partial charge in [-0.05, 0) is 18.8 Å². The fourth-order valence-corrected chi connectivity index (χ4v) is 1.78. The average Bonchev–Trinajstić information content (AvgIpc) is 2.25. The van der Waals surface area contributed by atoms with Crippen molar-refractivity contribution in [3.05, 3.63) is 39.9 Å². The highest BCUT2D eigenvalue weighted by atomic mass is 79.9. The van der Waals surface area contributed by atoms with Crippen molar-refractivity contribution in [3.8, 4) is 0 Å². The first-order valence-corrected chi connectivity index (χ1v) is 6.30. The lowest BCUT2D eigenvalue weighted by molar-refractivity contribution is -0.385. The van der Waals surface area contributed by atoms with Crippen molar-refractivity contribution >= 4 is 21.6 Å². The van der Waals surface area contributed by atoms with Crippen molar-refractivity contribution in [2.45, 2.75) is 31.5 Å². The van der Waals surface area contributed by atoms with E-state index in [0.717, 1.165) is 18.4 Å². The highest BCUT2D eigenvalue weighted by Crippen LogP contribution is 2.23. The molecule has 88 valence electrons. The molecule has 0 heterocycles. The van der Waals surface area contributed by atoms with Crippen LogP contribution in [0, 0.1) is 16.0 Å². The normalized spacial score (nSPS) is 14.4. The van der Waals surface area contributed by atoms with Gasteiger partial charge in [0.15, 0.2) is 0 Å². The molecule has 0 N–H and O–H groups in total. The lowest BCUT2D eigenvalue weighted by atomic mass is 9.98. The molecule has 0 aromatic heterocycles. The summed E-state index contributed by atoms with van der Waals surface area (Å²) in [6.07, 6.45) is 1.71. The summed E-state index contributed by atoms with van der Waals surface area (Å²) < 4.78 is 0. The third kappa shape index (κ3) is 3.59. The van der Waals surface area contributed by atoms with E-state index in [1.54, 1.807) is 12.1 Å². The Balaban J connectivity index is 2.70. The van der Waals surface area contributed by atoms with Crippen molar-refractivity contribution in [2.24, 2.45) is 5.92 Å². The zero-order valence-electron chi connectivity index (χ0n) is 9.52.